The van der Waals surface area contributed by atoms with Gasteiger partial charge in [0.25, 0.3) is 0 Å². The van der Waals surface area contributed by atoms with E-state index < -0.39 is 5.97 Å². The number of rotatable bonds is 6. The van der Waals surface area contributed by atoms with Crippen LogP contribution in [-0.2, 0) is 4.79 Å². The van der Waals surface area contributed by atoms with Crippen molar-refractivity contribution >= 4 is 17.6 Å². The van der Waals surface area contributed by atoms with Gasteiger partial charge in [-0.25, -0.2) is 0 Å². The zero-order valence-electron chi connectivity index (χ0n) is 10.7. The monoisotopic (exact) mass is 272 g/mol. The van der Waals surface area contributed by atoms with Crippen molar-refractivity contribution < 1.29 is 19.4 Å². The van der Waals surface area contributed by atoms with Gasteiger partial charge in [0.1, 0.15) is 11.5 Å². The summed E-state index contributed by atoms with van der Waals surface area (Å²) in [6, 6.07) is 3.40. The average Bonchev–Trinajstić information content (AvgIpc) is 2.35. The van der Waals surface area contributed by atoms with E-state index in [1.165, 1.54) is 7.11 Å². The third kappa shape index (κ3) is 3.29. The number of hydrogen-bond acceptors (Lipinski definition) is 3. The topological polar surface area (TPSA) is 55.8 Å². The highest BCUT2D eigenvalue weighted by Crippen LogP contribution is 2.38. The van der Waals surface area contributed by atoms with Gasteiger partial charge in [0, 0.05) is 6.07 Å². The second kappa shape index (κ2) is 6.50. The SMILES string of the molecule is CCC(CC(=O)O)c1cc(Cl)c(OC)cc1OC. The lowest BCUT2D eigenvalue weighted by atomic mass is 9.92. The van der Waals surface area contributed by atoms with Crippen LogP contribution in [0.15, 0.2) is 12.1 Å². The maximum atomic E-state index is 10.9. The maximum absolute atomic E-state index is 10.9. The predicted octanol–water partition coefficient (Wildman–Crippen LogP) is 3.33. The number of carboxylic acids is 1. The molecule has 0 bridgehead atoms. The Balaban J connectivity index is 3.20. The van der Waals surface area contributed by atoms with E-state index >= 15 is 0 Å². The van der Waals surface area contributed by atoms with E-state index in [1.54, 1.807) is 19.2 Å². The Kier molecular flexibility index (Phi) is 5.28. The van der Waals surface area contributed by atoms with Crippen LogP contribution in [0.4, 0.5) is 0 Å². The Morgan fingerprint density at radius 2 is 1.94 bits per heavy atom. The average molecular weight is 273 g/mol. The van der Waals surface area contributed by atoms with Crippen LogP contribution in [0.2, 0.25) is 5.02 Å². The standard InChI is InChI=1S/C13H17ClO4/c1-4-8(5-13(15)16)9-6-10(14)12(18-3)7-11(9)17-2/h6-8H,4-5H2,1-3H3,(H,15,16). The van der Waals surface area contributed by atoms with Crippen LogP contribution in [0.3, 0.4) is 0 Å². The Morgan fingerprint density at radius 3 is 2.39 bits per heavy atom. The lowest BCUT2D eigenvalue weighted by Crippen LogP contribution is -2.07. The van der Waals surface area contributed by atoms with Gasteiger partial charge >= 0.3 is 5.97 Å². The van der Waals surface area contributed by atoms with Crippen molar-refractivity contribution in [2.24, 2.45) is 0 Å². The summed E-state index contributed by atoms with van der Waals surface area (Å²) in [6.45, 7) is 1.94. The summed E-state index contributed by atoms with van der Waals surface area (Å²) in [5.41, 5.74) is 0.799. The van der Waals surface area contributed by atoms with Crippen molar-refractivity contribution in [3.05, 3.63) is 22.7 Å². The van der Waals surface area contributed by atoms with Crippen molar-refractivity contribution in [1.82, 2.24) is 0 Å². The number of halogens is 1. The first-order valence-corrected chi connectivity index (χ1v) is 6.04. The minimum Gasteiger partial charge on any atom is -0.496 e. The van der Waals surface area contributed by atoms with Gasteiger partial charge in [-0.15, -0.1) is 0 Å². The highest BCUT2D eigenvalue weighted by Gasteiger charge is 2.20. The molecule has 4 nitrogen and oxygen atoms in total. The second-order valence-corrected chi connectivity index (χ2v) is 4.34. The normalized spacial score (nSPS) is 12.0. The molecule has 1 rings (SSSR count). The molecule has 1 unspecified atom stereocenters. The minimum atomic E-state index is -0.837. The maximum Gasteiger partial charge on any atom is 0.303 e. The molecule has 18 heavy (non-hydrogen) atoms. The number of carbonyl (C=O) groups is 1. The summed E-state index contributed by atoms with van der Waals surface area (Å²) in [5, 5.41) is 9.37. The van der Waals surface area contributed by atoms with Crippen LogP contribution >= 0.6 is 11.6 Å². The molecule has 1 aromatic rings. The van der Waals surface area contributed by atoms with Crippen molar-refractivity contribution in [3.63, 3.8) is 0 Å². The van der Waals surface area contributed by atoms with Gasteiger partial charge in [-0.3, -0.25) is 4.79 Å². The minimum absolute atomic E-state index is 0.0511. The van der Waals surface area contributed by atoms with Crippen LogP contribution < -0.4 is 9.47 Å². The Morgan fingerprint density at radius 1 is 1.33 bits per heavy atom. The van der Waals surface area contributed by atoms with Crippen LogP contribution in [0.5, 0.6) is 11.5 Å². The smallest absolute Gasteiger partial charge is 0.303 e. The largest absolute Gasteiger partial charge is 0.496 e. The number of carboxylic acid groups (broad SMARTS) is 1. The number of ether oxygens (including phenoxy) is 2. The quantitative estimate of drug-likeness (QED) is 0.863. The van der Waals surface area contributed by atoms with E-state index in [2.05, 4.69) is 0 Å². The molecule has 0 saturated heterocycles. The van der Waals surface area contributed by atoms with E-state index in [0.717, 1.165) is 5.56 Å². The number of hydrogen-bond donors (Lipinski definition) is 1. The molecule has 1 N–H and O–H groups in total. The van der Waals surface area contributed by atoms with Gasteiger partial charge in [0.05, 0.1) is 25.7 Å². The van der Waals surface area contributed by atoms with E-state index in [0.29, 0.717) is 22.9 Å². The van der Waals surface area contributed by atoms with E-state index in [4.69, 9.17) is 26.2 Å². The van der Waals surface area contributed by atoms with E-state index in [9.17, 15) is 4.79 Å². The summed E-state index contributed by atoms with van der Waals surface area (Å²) in [6.07, 6.45) is 0.751. The van der Waals surface area contributed by atoms with Gasteiger partial charge in [0.2, 0.25) is 0 Å². The summed E-state index contributed by atoms with van der Waals surface area (Å²) in [5.74, 6) is 0.156. The van der Waals surface area contributed by atoms with Gasteiger partial charge in [-0.2, -0.15) is 0 Å². The van der Waals surface area contributed by atoms with Crippen LogP contribution in [0.1, 0.15) is 31.2 Å². The van der Waals surface area contributed by atoms with Crippen molar-refractivity contribution in [2.75, 3.05) is 14.2 Å². The lowest BCUT2D eigenvalue weighted by Gasteiger charge is -2.18. The fourth-order valence-corrected chi connectivity index (χ4v) is 2.14. The van der Waals surface area contributed by atoms with E-state index in [1.807, 2.05) is 6.92 Å². The zero-order valence-corrected chi connectivity index (χ0v) is 11.5. The van der Waals surface area contributed by atoms with Gasteiger partial charge in [-0.1, -0.05) is 18.5 Å². The molecule has 0 radical (unpaired) electrons. The number of aliphatic carboxylic acids is 1. The Labute approximate surface area is 111 Å². The van der Waals surface area contributed by atoms with Crippen LogP contribution in [0.25, 0.3) is 0 Å². The van der Waals surface area contributed by atoms with Gasteiger partial charge in [0.15, 0.2) is 0 Å². The summed E-state index contributed by atoms with van der Waals surface area (Å²) in [4.78, 5) is 10.9. The predicted molar refractivity (Wildman–Crippen MR) is 69.8 cm³/mol. The first-order valence-electron chi connectivity index (χ1n) is 5.66. The molecule has 0 aromatic heterocycles. The van der Waals surface area contributed by atoms with Crippen molar-refractivity contribution in [3.8, 4) is 11.5 Å². The molecule has 0 saturated carbocycles. The molecule has 1 atom stereocenters. The first-order chi connectivity index (χ1) is 8.53. The highest BCUT2D eigenvalue weighted by atomic mass is 35.5. The molecular formula is C13H17ClO4. The number of methoxy groups -OCH3 is 2. The van der Waals surface area contributed by atoms with Crippen molar-refractivity contribution in [2.45, 2.75) is 25.7 Å². The molecule has 0 aliphatic heterocycles. The van der Waals surface area contributed by atoms with Crippen LogP contribution in [0, 0.1) is 0 Å². The van der Waals surface area contributed by atoms with E-state index in [-0.39, 0.29) is 12.3 Å². The molecule has 0 aliphatic carbocycles. The third-order valence-electron chi connectivity index (χ3n) is 2.86. The molecular weight excluding hydrogens is 256 g/mol. The highest BCUT2D eigenvalue weighted by molar-refractivity contribution is 6.32. The van der Waals surface area contributed by atoms with Gasteiger partial charge in [-0.05, 0) is 24.0 Å². The molecule has 0 heterocycles. The van der Waals surface area contributed by atoms with Gasteiger partial charge < -0.3 is 14.6 Å². The summed E-state index contributed by atoms with van der Waals surface area (Å²) < 4.78 is 10.4. The molecule has 0 fully saturated rings. The lowest BCUT2D eigenvalue weighted by molar-refractivity contribution is -0.137. The zero-order chi connectivity index (χ0) is 13.7. The third-order valence-corrected chi connectivity index (χ3v) is 3.15. The Bertz CT molecular complexity index is 431. The molecule has 5 heteroatoms. The molecule has 0 amide bonds. The molecule has 0 aliphatic rings. The fraction of sp³-hybridized carbons (Fsp3) is 0.462. The molecule has 100 valence electrons. The Hall–Kier alpha value is -1.42. The molecule has 0 spiro atoms. The molecule has 1 aromatic carbocycles. The second-order valence-electron chi connectivity index (χ2n) is 3.93. The fourth-order valence-electron chi connectivity index (χ4n) is 1.89. The first kappa shape index (κ1) is 14.6. The van der Waals surface area contributed by atoms with Crippen LogP contribution in [-0.4, -0.2) is 25.3 Å². The summed E-state index contributed by atoms with van der Waals surface area (Å²) in [7, 11) is 3.06. The van der Waals surface area contributed by atoms with Crippen molar-refractivity contribution in [1.29, 1.82) is 0 Å². The number of benzene rings is 1. The summed E-state index contributed by atoms with van der Waals surface area (Å²) >= 11 is 6.07.